The first-order chi connectivity index (χ1) is 20.5. The topological polar surface area (TPSA) is 167 Å². The fourth-order valence-electron chi connectivity index (χ4n) is 4.33. The summed E-state index contributed by atoms with van der Waals surface area (Å²) < 4.78 is 79.6. The summed E-state index contributed by atoms with van der Waals surface area (Å²) in [5.41, 5.74) is -0.733. The number of rotatable bonds is 17. The normalized spacial score (nSPS) is 21.2. The number of carbonyl (C=O) groups is 2. The van der Waals surface area contributed by atoms with Gasteiger partial charge in [0.2, 0.25) is 0 Å². The lowest BCUT2D eigenvalue weighted by atomic mass is 9.88. The number of likely N-dealkylation sites (N-methyl/N-ethyl adjacent to an activating group) is 1. The van der Waals surface area contributed by atoms with Crippen molar-refractivity contribution in [3.05, 3.63) is 11.6 Å². The molecule has 0 radical (unpaired) electrons. The molecular formula is C28H47N3O10S3. The summed E-state index contributed by atoms with van der Waals surface area (Å²) in [6.45, 7) is 13.1. The Morgan fingerprint density at radius 3 is 2.43 bits per heavy atom. The van der Waals surface area contributed by atoms with Crippen LogP contribution in [0.15, 0.2) is 18.9 Å². The van der Waals surface area contributed by atoms with Crippen molar-refractivity contribution in [1.82, 2.24) is 9.62 Å². The van der Waals surface area contributed by atoms with E-state index in [0.29, 0.717) is 42.9 Å². The van der Waals surface area contributed by atoms with E-state index in [1.807, 2.05) is 6.92 Å². The molecule has 1 aliphatic rings. The Balaban J connectivity index is 2.27. The summed E-state index contributed by atoms with van der Waals surface area (Å²) in [5, 5.41) is 3.25. The van der Waals surface area contributed by atoms with Crippen LogP contribution in [0.4, 0.5) is 0 Å². The van der Waals surface area contributed by atoms with Crippen molar-refractivity contribution in [1.29, 1.82) is 0 Å². The lowest BCUT2D eigenvalue weighted by Gasteiger charge is -2.34. The largest absolute Gasteiger partial charge is 0.460 e. The third-order valence-electron chi connectivity index (χ3n) is 7.98. The van der Waals surface area contributed by atoms with E-state index in [1.165, 1.54) is 30.6 Å². The van der Waals surface area contributed by atoms with Crippen LogP contribution in [0.3, 0.4) is 0 Å². The van der Waals surface area contributed by atoms with Crippen LogP contribution in [0.25, 0.3) is 0 Å². The lowest BCUT2D eigenvalue weighted by Crippen LogP contribution is -2.43. The van der Waals surface area contributed by atoms with Gasteiger partial charge in [-0.1, -0.05) is 20.8 Å². The number of thiophene rings is 1. The predicted molar refractivity (Wildman–Crippen MR) is 167 cm³/mol. The van der Waals surface area contributed by atoms with Crippen LogP contribution in [0.2, 0.25) is 0 Å². The maximum atomic E-state index is 13.4. The maximum Gasteiger partial charge on any atom is 0.335 e. The lowest BCUT2D eigenvalue weighted by molar-refractivity contribution is -0.175. The van der Waals surface area contributed by atoms with E-state index in [4.69, 9.17) is 18.9 Å². The zero-order valence-electron chi connectivity index (χ0n) is 27.0. The first kappa shape index (κ1) is 38.2. The van der Waals surface area contributed by atoms with Gasteiger partial charge in [0.05, 0.1) is 5.92 Å². The summed E-state index contributed by atoms with van der Waals surface area (Å²) in [4.78, 5) is 25.1. The average molecular weight is 682 g/mol. The van der Waals surface area contributed by atoms with E-state index < -0.39 is 61.6 Å². The second-order valence-electron chi connectivity index (χ2n) is 11.0. The molecule has 13 nitrogen and oxygen atoms in total. The van der Waals surface area contributed by atoms with Crippen molar-refractivity contribution in [2.24, 2.45) is 16.2 Å². The Morgan fingerprint density at radius 1 is 1.20 bits per heavy atom. The Labute approximate surface area is 265 Å². The van der Waals surface area contributed by atoms with Crippen molar-refractivity contribution in [2.45, 2.75) is 93.6 Å². The minimum Gasteiger partial charge on any atom is -0.460 e. The van der Waals surface area contributed by atoms with Gasteiger partial charge in [-0.25, -0.2) is 13.2 Å². The molecule has 0 aromatic carbocycles. The second kappa shape index (κ2) is 16.1. The zero-order chi connectivity index (χ0) is 33.5. The Morgan fingerprint density at radius 2 is 1.86 bits per heavy atom. The minimum atomic E-state index is -4.28. The molecule has 0 spiro atoms. The highest BCUT2D eigenvalue weighted by Gasteiger charge is 2.41. The monoisotopic (exact) mass is 681 g/mol. The molecule has 1 aromatic rings. The van der Waals surface area contributed by atoms with Gasteiger partial charge in [0.25, 0.3) is 20.0 Å². The molecule has 0 aliphatic carbocycles. The fraction of sp³-hybridized carbons (Fsp3) is 0.750. The number of sulfonamides is 2. The maximum absolute atomic E-state index is 13.4. The molecule has 44 heavy (non-hydrogen) atoms. The molecule has 0 amide bonds. The number of fused-ring (bicyclic) bond motifs is 1. The van der Waals surface area contributed by atoms with Crippen LogP contribution in [0.1, 0.15) is 72.9 Å². The Kier molecular flexibility index (Phi) is 13.9. The van der Waals surface area contributed by atoms with Gasteiger partial charge in [0, 0.05) is 57.7 Å². The van der Waals surface area contributed by atoms with Gasteiger partial charge < -0.3 is 24.3 Å². The highest BCUT2D eigenvalue weighted by atomic mass is 32.3. The van der Waals surface area contributed by atoms with Crippen molar-refractivity contribution in [2.75, 3.05) is 40.5 Å². The quantitative estimate of drug-likeness (QED) is 0.146. The summed E-state index contributed by atoms with van der Waals surface area (Å²) >= 11 is 0.674. The number of nitrogens with zero attached hydrogens (tertiary/aromatic N) is 2. The first-order valence-corrected chi connectivity index (χ1v) is 18.3. The number of hydrogen-bond donors (Lipinski definition) is 1. The third kappa shape index (κ3) is 9.07. The first-order valence-electron chi connectivity index (χ1n) is 14.6. The number of carbonyl (C=O) groups excluding carboxylic acids is 2. The van der Waals surface area contributed by atoms with E-state index in [-0.39, 0.29) is 27.5 Å². The molecule has 1 aromatic heterocycles. The second-order valence-corrected chi connectivity index (χ2v) is 16.1. The minimum absolute atomic E-state index is 0.0232. The fourth-order valence-corrected chi connectivity index (χ4v) is 9.16. The molecular weight excluding hydrogens is 635 g/mol. The SMILES string of the molecule is CCN[C@H]1CN(CCCOC)S(=O)(=O)c2sc(S(=O)(=O)N=CC(C)[C@](C)(CC)OC(=O)C(C)C(C)OC(=O)C(C)OC)cc21. The molecule has 0 saturated carbocycles. The van der Waals surface area contributed by atoms with Crippen LogP contribution in [-0.4, -0.2) is 97.6 Å². The smallest absolute Gasteiger partial charge is 0.335 e. The Bertz CT molecular complexity index is 1380. The van der Waals surface area contributed by atoms with Gasteiger partial charge in [-0.2, -0.15) is 17.1 Å². The number of esters is 2. The number of methoxy groups -OCH3 is 2. The van der Waals surface area contributed by atoms with Crippen molar-refractivity contribution < 1.29 is 45.4 Å². The highest BCUT2D eigenvalue weighted by Crippen LogP contribution is 2.41. The number of hydrogen-bond acceptors (Lipinski definition) is 12. The van der Waals surface area contributed by atoms with Crippen LogP contribution in [0.5, 0.6) is 0 Å². The molecule has 2 rings (SSSR count). The molecule has 1 N–H and O–H groups in total. The summed E-state index contributed by atoms with van der Waals surface area (Å²) in [5.74, 6) is -2.68. The third-order valence-corrected chi connectivity index (χ3v) is 13.2. The van der Waals surface area contributed by atoms with Crippen LogP contribution < -0.4 is 5.32 Å². The molecule has 252 valence electrons. The van der Waals surface area contributed by atoms with E-state index in [2.05, 4.69) is 9.71 Å². The van der Waals surface area contributed by atoms with Crippen LogP contribution in [0, 0.1) is 11.8 Å². The zero-order valence-corrected chi connectivity index (χ0v) is 29.4. The highest BCUT2D eigenvalue weighted by molar-refractivity contribution is 7.94. The van der Waals surface area contributed by atoms with Crippen molar-refractivity contribution in [3.63, 3.8) is 0 Å². The van der Waals surface area contributed by atoms with Gasteiger partial charge in [-0.3, -0.25) is 4.79 Å². The molecule has 0 bridgehead atoms. The van der Waals surface area contributed by atoms with Crippen LogP contribution >= 0.6 is 11.3 Å². The molecule has 1 aliphatic heterocycles. The van der Waals surface area contributed by atoms with E-state index in [9.17, 15) is 26.4 Å². The standard InChI is InChI=1S/C28H47N3O10S3/c1-10-28(7,41-25(32)19(4)20(5)40-26(33)21(6)39-9)18(3)16-30-43(34,35)24-15-22-23(29-11-2)17-31(13-12-14-38-8)44(36,37)27(22)42-24/h15-16,18-21,23,29H,10-14,17H2,1-9H3/t18?,19?,20?,21?,23-,28-/m0/s1. The van der Waals surface area contributed by atoms with Crippen molar-refractivity contribution in [3.8, 4) is 0 Å². The molecule has 16 heteroatoms. The van der Waals surface area contributed by atoms with Gasteiger partial charge in [0.15, 0.2) is 6.10 Å². The molecule has 0 fully saturated rings. The van der Waals surface area contributed by atoms with Gasteiger partial charge in [-0.05, 0) is 53.1 Å². The number of ether oxygens (including phenoxy) is 4. The van der Waals surface area contributed by atoms with E-state index in [0.717, 1.165) is 0 Å². The van der Waals surface area contributed by atoms with Crippen LogP contribution in [-0.2, 0) is 48.6 Å². The molecule has 6 atom stereocenters. The molecule has 0 saturated heterocycles. The summed E-state index contributed by atoms with van der Waals surface area (Å²) in [6, 6.07) is 0.996. The average Bonchev–Trinajstić information content (AvgIpc) is 3.45. The van der Waals surface area contributed by atoms with E-state index in [1.54, 1.807) is 41.7 Å². The van der Waals surface area contributed by atoms with Gasteiger partial charge in [0.1, 0.15) is 20.1 Å². The van der Waals surface area contributed by atoms with Gasteiger partial charge in [-0.15, -0.1) is 11.3 Å². The van der Waals surface area contributed by atoms with Gasteiger partial charge >= 0.3 is 11.9 Å². The Hall–Kier alpha value is -1.95. The summed E-state index contributed by atoms with van der Waals surface area (Å²) in [6.07, 6.45) is 0.456. The molecule has 4 unspecified atom stereocenters. The number of nitrogens with one attached hydrogen (secondary N) is 1. The molecule has 2 heterocycles. The van der Waals surface area contributed by atoms with Crippen molar-refractivity contribution >= 4 is 49.5 Å². The predicted octanol–water partition coefficient (Wildman–Crippen LogP) is 3.15. The van der Waals surface area contributed by atoms with E-state index >= 15 is 0 Å². The summed E-state index contributed by atoms with van der Waals surface area (Å²) in [7, 11) is -5.28.